The van der Waals surface area contributed by atoms with E-state index in [4.69, 9.17) is 5.84 Å². The molecule has 0 amide bonds. The van der Waals surface area contributed by atoms with Gasteiger partial charge in [0.05, 0.1) is 0 Å². The molecular weight excluding hydrogens is 258 g/mol. The van der Waals surface area contributed by atoms with Crippen molar-refractivity contribution < 1.29 is 0 Å². The second-order valence-electron chi connectivity index (χ2n) is 4.54. The Morgan fingerprint density at radius 1 is 1.21 bits per heavy atom. The number of unbranched alkanes of at least 4 members (excludes halogenated alkanes) is 1. The van der Waals surface area contributed by atoms with Crippen molar-refractivity contribution in [3.63, 3.8) is 0 Å². The van der Waals surface area contributed by atoms with E-state index in [1.165, 1.54) is 37.4 Å². The Hall–Kier alpha value is -1.01. The molecule has 1 aromatic rings. The molecule has 0 spiro atoms. The van der Waals surface area contributed by atoms with Gasteiger partial charge >= 0.3 is 0 Å². The van der Waals surface area contributed by atoms with Gasteiger partial charge in [0.15, 0.2) is 5.16 Å². The van der Waals surface area contributed by atoms with Crippen molar-refractivity contribution in [1.29, 1.82) is 0 Å². The summed E-state index contributed by atoms with van der Waals surface area (Å²) >= 11 is 1.51. The molecule has 0 saturated heterocycles. The first kappa shape index (κ1) is 16.0. The summed E-state index contributed by atoms with van der Waals surface area (Å²) in [5, 5.41) is 4.23. The second-order valence-corrected chi connectivity index (χ2v) is 5.32. The second kappa shape index (κ2) is 8.98. The Morgan fingerprint density at radius 2 is 1.95 bits per heavy atom. The Kier molecular flexibility index (Phi) is 7.59. The summed E-state index contributed by atoms with van der Waals surface area (Å²) in [6.07, 6.45) is 7.92. The number of hydrogen-bond donors (Lipinski definition) is 3. The highest BCUT2D eigenvalue weighted by Crippen LogP contribution is 2.19. The van der Waals surface area contributed by atoms with Crippen LogP contribution in [0.25, 0.3) is 0 Å². The van der Waals surface area contributed by atoms with Gasteiger partial charge in [-0.25, -0.2) is 15.8 Å². The van der Waals surface area contributed by atoms with Crippen LogP contribution in [-0.4, -0.2) is 22.3 Å². The lowest BCUT2D eigenvalue weighted by molar-refractivity contribution is 0.562. The Bertz CT molecular complexity index is 350. The van der Waals surface area contributed by atoms with Gasteiger partial charge in [-0.1, -0.05) is 44.9 Å². The quantitative estimate of drug-likeness (QED) is 0.279. The molecule has 1 rings (SSSR count). The maximum atomic E-state index is 5.43. The summed E-state index contributed by atoms with van der Waals surface area (Å²) in [5.74, 6) is 6.93. The highest BCUT2D eigenvalue weighted by atomic mass is 32.2. The van der Waals surface area contributed by atoms with E-state index in [0.29, 0.717) is 11.9 Å². The number of hydrogen-bond acceptors (Lipinski definition) is 6. The highest BCUT2D eigenvalue weighted by Gasteiger charge is 2.10. The third-order valence-corrected chi connectivity index (χ3v) is 3.48. The number of thioether (sulfide) groups is 1. The smallest absolute Gasteiger partial charge is 0.191 e. The van der Waals surface area contributed by atoms with Crippen LogP contribution < -0.4 is 16.6 Å². The van der Waals surface area contributed by atoms with Crippen LogP contribution in [0.1, 0.15) is 46.0 Å². The first-order chi connectivity index (χ1) is 9.23. The molecule has 0 radical (unpaired) electrons. The van der Waals surface area contributed by atoms with Gasteiger partial charge in [-0.2, -0.15) is 0 Å². The molecule has 0 fully saturated rings. The van der Waals surface area contributed by atoms with Crippen molar-refractivity contribution in [3.05, 3.63) is 6.07 Å². The molecule has 6 heteroatoms. The van der Waals surface area contributed by atoms with Crippen LogP contribution >= 0.6 is 11.8 Å². The normalized spacial score (nSPS) is 12.2. The first-order valence-electron chi connectivity index (χ1n) is 6.89. The van der Waals surface area contributed by atoms with Crippen molar-refractivity contribution >= 4 is 23.4 Å². The van der Waals surface area contributed by atoms with E-state index in [1.807, 2.05) is 12.3 Å². The number of anilines is 2. The average Bonchev–Trinajstić information content (AvgIpc) is 2.44. The Morgan fingerprint density at radius 3 is 2.53 bits per heavy atom. The van der Waals surface area contributed by atoms with E-state index >= 15 is 0 Å². The largest absolute Gasteiger partial charge is 0.367 e. The summed E-state index contributed by atoms with van der Waals surface area (Å²) in [6, 6.07) is 2.33. The standard InChI is InChI=1S/C13H25N5S/c1-4-6-8-10(7-5-2)15-11-9-12(18-14)17-13(16-11)19-3/h9-10H,4-8,14H2,1-3H3,(H2,15,16,17,18). The maximum Gasteiger partial charge on any atom is 0.191 e. The van der Waals surface area contributed by atoms with Gasteiger partial charge in [-0.05, 0) is 19.1 Å². The van der Waals surface area contributed by atoms with Crippen LogP contribution in [0.15, 0.2) is 11.2 Å². The number of rotatable bonds is 9. The zero-order valence-electron chi connectivity index (χ0n) is 12.1. The van der Waals surface area contributed by atoms with Gasteiger partial charge in [-0.3, -0.25) is 0 Å². The molecule has 1 aromatic heterocycles. The van der Waals surface area contributed by atoms with E-state index in [9.17, 15) is 0 Å². The van der Waals surface area contributed by atoms with Crippen LogP contribution in [0.5, 0.6) is 0 Å². The summed E-state index contributed by atoms with van der Waals surface area (Å²) in [5.41, 5.74) is 2.59. The number of nitrogens with two attached hydrogens (primary N) is 1. The van der Waals surface area contributed by atoms with Crippen molar-refractivity contribution in [3.8, 4) is 0 Å². The molecule has 0 aliphatic rings. The average molecular weight is 283 g/mol. The van der Waals surface area contributed by atoms with Gasteiger partial charge in [0.2, 0.25) is 0 Å². The van der Waals surface area contributed by atoms with E-state index < -0.39 is 0 Å². The van der Waals surface area contributed by atoms with Crippen LogP contribution in [0.4, 0.5) is 11.6 Å². The number of nitrogens with zero attached hydrogens (tertiary/aromatic N) is 2. The molecule has 1 heterocycles. The topological polar surface area (TPSA) is 75.9 Å². The molecule has 0 aliphatic heterocycles. The van der Waals surface area contributed by atoms with Crippen molar-refractivity contribution in [2.45, 2.75) is 57.1 Å². The predicted molar refractivity (Wildman–Crippen MR) is 83.5 cm³/mol. The molecule has 1 unspecified atom stereocenters. The third-order valence-electron chi connectivity index (χ3n) is 2.93. The minimum absolute atomic E-state index is 0.472. The SMILES string of the molecule is CCCCC(CCC)Nc1cc(NN)nc(SC)n1. The van der Waals surface area contributed by atoms with E-state index in [2.05, 4.69) is 34.6 Å². The van der Waals surface area contributed by atoms with Crippen LogP contribution in [0.2, 0.25) is 0 Å². The van der Waals surface area contributed by atoms with Crippen LogP contribution in [-0.2, 0) is 0 Å². The highest BCUT2D eigenvalue weighted by molar-refractivity contribution is 7.98. The first-order valence-corrected chi connectivity index (χ1v) is 8.12. The zero-order chi connectivity index (χ0) is 14.1. The van der Waals surface area contributed by atoms with E-state index in [-0.39, 0.29) is 0 Å². The van der Waals surface area contributed by atoms with Crippen molar-refractivity contribution in [1.82, 2.24) is 9.97 Å². The van der Waals surface area contributed by atoms with Crippen molar-refractivity contribution in [2.24, 2.45) is 5.84 Å². The number of nitrogen functional groups attached to an aromatic ring is 1. The molecular formula is C13H25N5S. The summed E-state index contributed by atoms with van der Waals surface area (Å²) in [7, 11) is 0. The predicted octanol–water partition coefficient (Wildman–Crippen LogP) is 3.25. The molecule has 108 valence electrons. The van der Waals surface area contributed by atoms with Crippen LogP contribution in [0, 0.1) is 0 Å². The molecule has 19 heavy (non-hydrogen) atoms. The fourth-order valence-electron chi connectivity index (χ4n) is 1.96. The minimum Gasteiger partial charge on any atom is -0.367 e. The fraction of sp³-hybridized carbons (Fsp3) is 0.692. The van der Waals surface area contributed by atoms with E-state index in [0.717, 1.165) is 17.4 Å². The molecule has 0 bridgehead atoms. The molecule has 0 saturated carbocycles. The fourth-order valence-corrected chi connectivity index (χ4v) is 2.34. The molecule has 0 aliphatic carbocycles. The number of hydrazine groups is 1. The van der Waals surface area contributed by atoms with Gasteiger partial charge in [-0.15, -0.1) is 0 Å². The third kappa shape index (κ3) is 5.65. The lowest BCUT2D eigenvalue weighted by Crippen LogP contribution is -2.20. The molecule has 5 nitrogen and oxygen atoms in total. The minimum atomic E-state index is 0.472. The summed E-state index contributed by atoms with van der Waals surface area (Å²) < 4.78 is 0. The summed E-state index contributed by atoms with van der Waals surface area (Å²) in [6.45, 7) is 4.43. The number of nitrogens with one attached hydrogen (secondary N) is 2. The zero-order valence-corrected chi connectivity index (χ0v) is 12.9. The monoisotopic (exact) mass is 283 g/mol. The van der Waals surface area contributed by atoms with E-state index in [1.54, 1.807) is 0 Å². The maximum absolute atomic E-state index is 5.43. The lowest BCUT2D eigenvalue weighted by Gasteiger charge is -2.19. The molecule has 0 aromatic carbocycles. The van der Waals surface area contributed by atoms with Gasteiger partial charge in [0.25, 0.3) is 0 Å². The van der Waals surface area contributed by atoms with Gasteiger partial charge in [0, 0.05) is 12.1 Å². The Labute approximate surface area is 120 Å². The van der Waals surface area contributed by atoms with Crippen molar-refractivity contribution in [2.75, 3.05) is 17.0 Å². The van der Waals surface area contributed by atoms with Gasteiger partial charge in [0.1, 0.15) is 11.6 Å². The van der Waals surface area contributed by atoms with Gasteiger partial charge < -0.3 is 10.7 Å². The Balaban J connectivity index is 2.76. The molecule has 1 atom stereocenters. The van der Waals surface area contributed by atoms with Crippen LogP contribution in [0.3, 0.4) is 0 Å². The molecule has 4 N–H and O–H groups in total. The lowest BCUT2D eigenvalue weighted by atomic mass is 10.1. The number of aromatic nitrogens is 2. The summed E-state index contributed by atoms with van der Waals surface area (Å²) in [4.78, 5) is 8.74.